The molecule has 3 atom stereocenters. The number of anilines is 1. The number of aromatic nitrogens is 1. The van der Waals surface area contributed by atoms with Crippen LogP contribution in [0.4, 0.5) is 5.69 Å². The van der Waals surface area contributed by atoms with Gasteiger partial charge in [0, 0.05) is 39.7 Å². The molecule has 1 heterocycles. The van der Waals surface area contributed by atoms with Crippen molar-refractivity contribution >= 4 is 27.5 Å². The van der Waals surface area contributed by atoms with Gasteiger partial charge in [-0.25, -0.2) is 0 Å². The molecule has 2 heteroatoms. The molecule has 6 aromatic rings. The van der Waals surface area contributed by atoms with E-state index in [1.165, 1.54) is 74.0 Å². The molecule has 0 aliphatic heterocycles. The normalized spacial score (nSPS) is 20.6. The average Bonchev–Trinajstić information content (AvgIpc) is 3.70. The second kappa shape index (κ2) is 12.7. The number of allylic oxidation sites excluding steroid dienone is 9. The first-order valence-electron chi connectivity index (χ1n) is 19.0. The summed E-state index contributed by atoms with van der Waals surface area (Å²) in [7, 11) is 0. The maximum Gasteiger partial charge on any atom is 0.0561 e. The molecule has 0 N–H and O–H groups in total. The minimum atomic E-state index is 0.253. The number of hydrogen-bond acceptors (Lipinski definition) is 1. The van der Waals surface area contributed by atoms with Crippen molar-refractivity contribution in [3.63, 3.8) is 0 Å². The Balaban J connectivity index is 1.07. The zero-order valence-corrected chi connectivity index (χ0v) is 29.6. The van der Waals surface area contributed by atoms with E-state index in [4.69, 9.17) is 0 Å². The van der Waals surface area contributed by atoms with Gasteiger partial charge in [0.05, 0.1) is 17.1 Å². The predicted octanol–water partition coefficient (Wildman–Crippen LogP) is 12.9. The van der Waals surface area contributed by atoms with Crippen molar-refractivity contribution in [2.24, 2.45) is 11.8 Å². The van der Waals surface area contributed by atoms with E-state index in [0.29, 0.717) is 11.8 Å². The zero-order valence-electron chi connectivity index (χ0n) is 29.6. The van der Waals surface area contributed by atoms with Crippen molar-refractivity contribution in [3.05, 3.63) is 192 Å². The number of benzene rings is 5. The Morgan fingerprint density at radius 3 is 2.13 bits per heavy atom. The summed E-state index contributed by atoms with van der Waals surface area (Å²) in [4.78, 5) is 2.60. The molecule has 2 nitrogen and oxygen atoms in total. The fourth-order valence-corrected chi connectivity index (χ4v) is 9.26. The van der Waals surface area contributed by atoms with Crippen molar-refractivity contribution in [2.45, 2.75) is 38.6 Å². The molecule has 52 heavy (non-hydrogen) atoms. The smallest absolute Gasteiger partial charge is 0.0561 e. The lowest BCUT2D eigenvalue weighted by atomic mass is 9.87. The van der Waals surface area contributed by atoms with Gasteiger partial charge in [0.15, 0.2) is 0 Å². The first-order valence-corrected chi connectivity index (χ1v) is 19.0. The molecule has 0 amide bonds. The van der Waals surface area contributed by atoms with Crippen molar-refractivity contribution in [1.29, 1.82) is 0 Å². The molecule has 0 bridgehead atoms. The quantitative estimate of drug-likeness (QED) is 0.171. The van der Waals surface area contributed by atoms with Crippen LogP contribution in [0.25, 0.3) is 49.7 Å². The van der Waals surface area contributed by atoms with E-state index in [0.717, 1.165) is 12.8 Å². The number of rotatable bonds is 6. The van der Waals surface area contributed by atoms with Gasteiger partial charge in [0.1, 0.15) is 0 Å². The lowest BCUT2D eigenvalue weighted by Crippen LogP contribution is -2.34. The van der Waals surface area contributed by atoms with Crippen LogP contribution in [0.2, 0.25) is 0 Å². The predicted molar refractivity (Wildman–Crippen MR) is 220 cm³/mol. The van der Waals surface area contributed by atoms with Crippen molar-refractivity contribution < 1.29 is 0 Å². The first kappa shape index (κ1) is 30.9. The summed E-state index contributed by atoms with van der Waals surface area (Å²) in [6.45, 7) is 2.42. The third-order valence-electron chi connectivity index (χ3n) is 11.8. The fraction of sp³-hybridized carbons (Fsp3) is 0.160. The van der Waals surface area contributed by atoms with Gasteiger partial charge in [0.2, 0.25) is 0 Å². The van der Waals surface area contributed by atoms with Crippen LogP contribution in [0.15, 0.2) is 192 Å². The SMILES string of the molecule is CC1C2=CCCC=C2C2CC=C(N(c3ccc4c5ccccc5n(-c5ccc(-c6cccc(-c7ccccc7)c6)cc5)c4c3)C3C=CC=CC3)C=C12. The molecule has 10 rings (SSSR count). The Morgan fingerprint density at radius 2 is 1.33 bits per heavy atom. The molecule has 252 valence electrons. The Bertz CT molecular complexity index is 2530. The Kier molecular flexibility index (Phi) is 7.57. The van der Waals surface area contributed by atoms with Crippen LogP contribution in [0.3, 0.4) is 0 Å². The highest BCUT2D eigenvalue weighted by molar-refractivity contribution is 6.10. The van der Waals surface area contributed by atoms with Crippen LogP contribution in [0.5, 0.6) is 0 Å². The van der Waals surface area contributed by atoms with E-state index in [-0.39, 0.29) is 6.04 Å². The van der Waals surface area contributed by atoms with Crippen LogP contribution < -0.4 is 4.90 Å². The minimum absolute atomic E-state index is 0.253. The van der Waals surface area contributed by atoms with Gasteiger partial charge in [-0.05, 0) is 102 Å². The molecule has 4 aliphatic carbocycles. The molecule has 4 aliphatic rings. The van der Waals surface area contributed by atoms with Crippen molar-refractivity contribution in [2.75, 3.05) is 4.90 Å². The van der Waals surface area contributed by atoms with E-state index in [1.54, 1.807) is 16.7 Å². The maximum absolute atomic E-state index is 2.60. The zero-order chi connectivity index (χ0) is 34.6. The second-order valence-electron chi connectivity index (χ2n) is 14.7. The highest BCUT2D eigenvalue weighted by Crippen LogP contribution is 2.51. The number of hydrogen-bond donors (Lipinski definition) is 0. The lowest BCUT2D eigenvalue weighted by molar-refractivity contribution is 0.688. The minimum Gasteiger partial charge on any atom is -0.334 e. The molecule has 5 aromatic carbocycles. The Hall–Kier alpha value is -5.86. The Labute approximate surface area is 306 Å². The highest BCUT2D eigenvalue weighted by Gasteiger charge is 2.38. The van der Waals surface area contributed by atoms with Gasteiger partial charge >= 0.3 is 0 Å². The largest absolute Gasteiger partial charge is 0.334 e. The van der Waals surface area contributed by atoms with Crippen molar-refractivity contribution in [3.8, 4) is 27.9 Å². The van der Waals surface area contributed by atoms with Gasteiger partial charge in [-0.3, -0.25) is 0 Å². The van der Waals surface area contributed by atoms with E-state index in [9.17, 15) is 0 Å². The van der Waals surface area contributed by atoms with Crippen LogP contribution in [-0.2, 0) is 0 Å². The summed E-state index contributed by atoms with van der Waals surface area (Å²) in [6.07, 6.45) is 23.6. The number of nitrogens with zero attached hydrogens (tertiary/aromatic N) is 2. The van der Waals surface area contributed by atoms with E-state index in [2.05, 4.69) is 186 Å². The highest BCUT2D eigenvalue weighted by atomic mass is 15.2. The van der Waals surface area contributed by atoms with E-state index < -0.39 is 0 Å². The summed E-state index contributed by atoms with van der Waals surface area (Å²) in [5, 5.41) is 2.56. The second-order valence-corrected chi connectivity index (χ2v) is 14.7. The Morgan fingerprint density at radius 1 is 0.596 bits per heavy atom. The van der Waals surface area contributed by atoms with Crippen LogP contribution >= 0.6 is 0 Å². The first-order chi connectivity index (χ1) is 25.7. The van der Waals surface area contributed by atoms with Crippen LogP contribution in [0.1, 0.15) is 32.6 Å². The number of para-hydroxylation sites is 1. The lowest BCUT2D eigenvalue weighted by Gasteiger charge is -2.36. The molecule has 0 spiro atoms. The van der Waals surface area contributed by atoms with Gasteiger partial charge in [-0.1, -0.05) is 140 Å². The maximum atomic E-state index is 2.60. The summed E-state index contributed by atoms with van der Waals surface area (Å²) in [5.41, 5.74) is 15.9. The van der Waals surface area contributed by atoms with Gasteiger partial charge < -0.3 is 9.47 Å². The van der Waals surface area contributed by atoms with Gasteiger partial charge in [-0.2, -0.15) is 0 Å². The van der Waals surface area contributed by atoms with Gasteiger partial charge in [-0.15, -0.1) is 0 Å². The molecule has 0 saturated heterocycles. The van der Waals surface area contributed by atoms with Crippen LogP contribution in [-0.4, -0.2) is 10.6 Å². The molecular formula is C50H42N2. The standard InChI is InChI=1S/C50H42N2/c1-34-43-19-8-9-20-44(43)45-29-27-41(32-48(34)45)51(39-17-6-3-7-18-39)42-28-30-47-46-21-10-11-22-49(46)52(50(47)33-42)40-25-23-36(24-26-40)38-16-12-15-37(31-38)35-13-4-2-5-14-35/h2-7,10-17,19-28,30-34,39,45H,8-9,18,29H2,1H3. The van der Waals surface area contributed by atoms with Gasteiger partial charge in [0.25, 0.3) is 0 Å². The molecular weight excluding hydrogens is 629 g/mol. The van der Waals surface area contributed by atoms with Crippen molar-refractivity contribution in [1.82, 2.24) is 4.57 Å². The van der Waals surface area contributed by atoms with E-state index >= 15 is 0 Å². The monoisotopic (exact) mass is 670 g/mol. The molecule has 1 aromatic heterocycles. The van der Waals surface area contributed by atoms with Crippen LogP contribution in [0, 0.1) is 11.8 Å². The fourth-order valence-electron chi connectivity index (χ4n) is 9.26. The average molecular weight is 671 g/mol. The summed E-state index contributed by atoms with van der Waals surface area (Å²) >= 11 is 0. The molecule has 1 saturated carbocycles. The summed E-state index contributed by atoms with van der Waals surface area (Å²) in [6, 6.07) is 44.9. The topological polar surface area (TPSA) is 8.17 Å². The summed E-state index contributed by atoms with van der Waals surface area (Å²) < 4.78 is 2.46. The number of fused-ring (bicyclic) bond motifs is 6. The molecule has 0 radical (unpaired) electrons. The third-order valence-corrected chi connectivity index (χ3v) is 11.8. The van der Waals surface area contributed by atoms with E-state index in [1.807, 2.05) is 0 Å². The third kappa shape index (κ3) is 5.16. The molecule has 3 unspecified atom stereocenters. The summed E-state index contributed by atoms with van der Waals surface area (Å²) in [5.74, 6) is 1.01. The molecule has 1 fully saturated rings.